The molecule has 0 saturated carbocycles. The van der Waals surface area contributed by atoms with Crippen molar-refractivity contribution >= 4 is 35.0 Å². The molecule has 0 aromatic heterocycles. The van der Waals surface area contributed by atoms with Crippen LogP contribution in [0.4, 0.5) is 15.8 Å². The summed E-state index contributed by atoms with van der Waals surface area (Å²) in [6, 6.07) is 8.52. The highest BCUT2D eigenvalue weighted by molar-refractivity contribution is 6.32. The second-order valence-electron chi connectivity index (χ2n) is 4.77. The maximum Gasteiger partial charge on any atom is 0.288 e. The summed E-state index contributed by atoms with van der Waals surface area (Å²) in [7, 11) is 0. The third-order valence-corrected chi connectivity index (χ3v) is 3.29. The molecule has 0 aliphatic rings. The van der Waals surface area contributed by atoms with Crippen molar-refractivity contribution in [1.82, 2.24) is 0 Å². The van der Waals surface area contributed by atoms with Gasteiger partial charge in [-0.25, -0.2) is 4.39 Å². The molecule has 0 aliphatic heterocycles. The van der Waals surface area contributed by atoms with Crippen LogP contribution in [0.25, 0.3) is 6.08 Å². The Bertz CT molecular complexity index is 806. The average Bonchev–Trinajstić information content (AvgIpc) is 2.50. The van der Waals surface area contributed by atoms with Gasteiger partial charge in [-0.15, -0.1) is 0 Å². The maximum atomic E-state index is 13.6. The molecule has 0 aliphatic carbocycles. The molecule has 0 radical (unpaired) electrons. The zero-order chi connectivity index (χ0) is 17.0. The number of rotatable bonds is 4. The Balaban J connectivity index is 2.14. The van der Waals surface area contributed by atoms with Gasteiger partial charge < -0.3 is 5.32 Å². The summed E-state index contributed by atoms with van der Waals surface area (Å²) in [5, 5.41) is 13.2. The molecule has 5 nitrogen and oxygen atoms in total. The predicted molar refractivity (Wildman–Crippen MR) is 86.9 cm³/mol. The first-order valence-electron chi connectivity index (χ1n) is 6.56. The number of carbonyl (C=O) groups is 1. The molecule has 0 heterocycles. The Kier molecular flexibility index (Phi) is 5.08. The average molecular weight is 335 g/mol. The molecule has 0 atom stereocenters. The molecule has 7 heteroatoms. The van der Waals surface area contributed by atoms with Gasteiger partial charge >= 0.3 is 0 Å². The molecule has 1 amide bonds. The second kappa shape index (κ2) is 7.02. The first kappa shape index (κ1) is 16.6. The Morgan fingerprint density at radius 3 is 2.74 bits per heavy atom. The van der Waals surface area contributed by atoms with Crippen molar-refractivity contribution in [2.24, 2.45) is 0 Å². The van der Waals surface area contributed by atoms with Crippen LogP contribution in [0.5, 0.6) is 0 Å². The number of anilines is 1. The van der Waals surface area contributed by atoms with Crippen LogP contribution in [0.3, 0.4) is 0 Å². The highest BCUT2D eigenvalue weighted by Gasteiger charge is 2.12. The summed E-state index contributed by atoms with van der Waals surface area (Å²) >= 11 is 5.71. The van der Waals surface area contributed by atoms with Crippen LogP contribution >= 0.6 is 11.6 Å². The topological polar surface area (TPSA) is 72.2 Å². The van der Waals surface area contributed by atoms with Crippen molar-refractivity contribution in [2.75, 3.05) is 5.32 Å². The zero-order valence-electron chi connectivity index (χ0n) is 12.0. The molecule has 0 fully saturated rings. The number of aryl methyl sites for hydroxylation is 1. The van der Waals surface area contributed by atoms with E-state index in [-0.39, 0.29) is 16.4 Å². The van der Waals surface area contributed by atoms with Gasteiger partial charge in [0.15, 0.2) is 0 Å². The van der Waals surface area contributed by atoms with Crippen molar-refractivity contribution in [2.45, 2.75) is 6.92 Å². The number of hydrogen-bond acceptors (Lipinski definition) is 3. The Hall–Kier alpha value is -2.73. The van der Waals surface area contributed by atoms with E-state index in [0.717, 1.165) is 11.6 Å². The SMILES string of the molecule is Cc1ccc(F)c(NC(=O)/C=C/c2ccc(Cl)c([N+](=O)[O-])c2)c1. The number of halogens is 2. The Morgan fingerprint density at radius 2 is 2.04 bits per heavy atom. The molecule has 23 heavy (non-hydrogen) atoms. The first-order valence-corrected chi connectivity index (χ1v) is 6.94. The first-order chi connectivity index (χ1) is 10.9. The van der Waals surface area contributed by atoms with Gasteiger partial charge in [0.25, 0.3) is 5.69 Å². The molecular formula is C16H12ClFN2O3. The molecule has 0 spiro atoms. The molecule has 0 saturated heterocycles. The van der Waals surface area contributed by atoms with E-state index in [1.165, 1.54) is 36.4 Å². The summed E-state index contributed by atoms with van der Waals surface area (Å²) in [5.74, 6) is -1.09. The Labute approximate surface area is 136 Å². The minimum absolute atomic E-state index is 0.0124. The van der Waals surface area contributed by atoms with Crippen LogP contribution in [0, 0.1) is 22.9 Å². The lowest BCUT2D eigenvalue weighted by Gasteiger charge is -2.04. The van der Waals surface area contributed by atoms with Crippen molar-refractivity contribution in [3.05, 3.63) is 74.6 Å². The van der Waals surface area contributed by atoms with Crippen LogP contribution in [0.15, 0.2) is 42.5 Å². The van der Waals surface area contributed by atoms with Gasteiger partial charge in [-0.2, -0.15) is 0 Å². The van der Waals surface area contributed by atoms with Crippen LogP contribution in [-0.4, -0.2) is 10.8 Å². The van der Waals surface area contributed by atoms with Crippen molar-refractivity contribution in [1.29, 1.82) is 0 Å². The summed E-state index contributed by atoms with van der Waals surface area (Å²) in [6.45, 7) is 1.78. The van der Waals surface area contributed by atoms with E-state index in [2.05, 4.69) is 5.32 Å². The fraction of sp³-hybridized carbons (Fsp3) is 0.0625. The fourth-order valence-electron chi connectivity index (χ4n) is 1.85. The minimum atomic E-state index is -0.609. The molecule has 1 N–H and O–H groups in total. The highest BCUT2D eigenvalue weighted by Crippen LogP contribution is 2.25. The minimum Gasteiger partial charge on any atom is -0.320 e. The van der Waals surface area contributed by atoms with E-state index in [4.69, 9.17) is 11.6 Å². The van der Waals surface area contributed by atoms with E-state index in [0.29, 0.717) is 5.56 Å². The number of hydrogen-bond donors (Lipinski definition) is 1. The van der Waals surface area contributed by atoms with E-state index in [1.807, 2.05) is 0 Å². The number of amides is 1. The standard InChI is InChI=1S/C16H12ClFN2O3/c1-10-2-6-13(18)14(8-10)19-16(21)7-4-11-3-5-12(17)15(9-11)20(22)23/h2-9H,1H3,(H,19,21)/b7-4+. The third-order valence-electron chi connectivity index (χ3n) is 2.97. The number of nitro groups is 1. The zero-order valence-corrected chi connectivity index (χ0v) is 12.8. The van der Waals surface area contributed by atoms with Gasteiger partial charge in [0, 0.05) is 12.1 Å². The highest BCUT2D eigenvalue weighted by atomic mass is 35.5. The van der Waals surface area contributed by atoms with Crippen molar-refractivity contribution < 1.29 is 14.1 Å². The number of carbonyl (C=O) groups excluding carboxylic acids is 1. The van der Waals surface area contributed by atoms with Gasteiger partial charge in [0.2, 0.25) is 5.91 Å². The molecule has 2 aromatic carbocycles. The van der Waals surface area contributed by atoms with Gasteiger partial charge in [-0.1, -0.05) is 23.7 Å². The van der Waals surface area contributed by atoms with Gasteiger partial charge in [-0.3, -0.25) is 14.9 Å². The van der Waals surface area contributed by atoms with Crippen molar-refractivity contribution in [3.8, 4) is 0 Å². The van der Waals surface area contributed by atoms with E-state index < -0.39 is 16.6 Å². The third kappa shape index (κ3) is 4.37. The van der Waals surface area contributed by atoms with E-state index >= 15 is 0 Å². The van der Waals surface area contributed by atoms with Crippen LogP contribution in [0.2, 0.25) is 5.02 Å². The van der Waals surface area contributed by atoms with E-state index in [1.54, 1.807) is 13.0 Å². The van der Waals surface area contributed by atoms with Crippen LogP contribution in [-0.2, 0) is 4.79 Å². The summed E-state index contributed by atoms with van der Waals surface area (Å²) < 4.78 is 13.6. The van der Waals surface area contributed by atoms with Gasteiger partial charge in [0.1, 0.15) is 10.8 Å². The molecule has 0 unspecified atom stereocenters. The normalized spacial score (nSPS) is 10.7. The molecule has 0 bridgehead atoms. The largest absolute Gasteiger partial charge is 0.320 e. The smallest absolute Gasteiger partial charge is 0.288 e. The molecule has 118 valence electrons. The number of nitrogens with zero attached hydrogens (tertiary/aromatic N) is 1. The molecule has 2 rings (SSSR count). The van der Waals surface area contributed by atoms with Crippen LogP contribution < -0.4 is 5.32 Å². The number of benzene rings is 2. The van der Waals surface area contributed by atoms with Crippen molar-refractivity contribution in [3.63, 3.8) is 0 Å². The summed E-state index contributed by atoms with van der Waals surface area (Å²) in [5.41, 5.74) is 1.06. The molecular weight excluding hydrogens is 323 g/mol. The summed E-state index contributed by atoms with van der Waals surface area (Å²) in [4.78, 5) is 22.0. The lowest BCUT2D eigenvalue weighted by Crippen LogP contribution is -2.09. The predicted octanol–water partition coefficient (Wildman–Crippen LogP) is 4.35. The second-order valence-corrected chi connectivity index (χ2v) is 5.18. The number of nitrogens with one attached hydrogen (secondary N) is 1. The van der Waals surface area contributed by atoms with Gasteiger partial charge in [-0.05, 0) is 42.3 Å². The van der Waals surface area contributed by atoms with Gasteiger partial charge in [0.05, 0.1) is 10.6 Å². The maximum absolute atomic E-state index is 13.6. The lowest BCUT2D eigenvalue weighted by atomic mass is 10.2. The van der Waals surface area contributed by atoms with Crippen LogP contribution in [0.1, 0.15) is 11.1 Å². The monoisotopic (exact) mass is 334 g/mol. The number of nitro benzene ring substituents is 1. The lowest BCUT2D eigenvalue weighted by molar-refractivity contribution is -0.384. The Morgan fingerprint density at radius 1 is 1.30 bits per heavy atom. The van der Waals surface area contributed by atoms with E-state index in [9.17, 15) is 19.3 Å². The summed E-state index contributed by atoms with van der Waals surface area (Å²) in [6.07, 6.45) is 2.54. The molecule has 2 aromatic rings. The fourth-order valence-corrected chi connectivity index (χ4v) is 2.04. The quantitative estimate of drug-likeness (QED) is 0.513.